The number of benzene rings is 1. The van der Waals surface area contributed by atoms with E-state index in [2.05, 4.69) is 41.1 Å². The van der Waals surface area contributed by atoms with Crippen molar-refractivity contribution < 1.29 is 4.84 Å². The number of aryl methyl sites for hydroxylation is 1. The summed E-state index contributed by atoms with van der Waals surface area (Å²) in [6.45, 7) is 2.77. The van der Waals surface area contributed by atoms with E-state index in [1.807, 2.05) is 0 Å². The van der Waals surface area contributed by atoms with Crippen molar-refractivity contribution in [3.63, 3.8) is 0 Å². The topological polar surface area (TPSA) is 35.2 Å². The highest BCUT2D eigenvalue weighted by Gasteiger charge is 2.45. The highest BCUT2D eigenvalue weighted by Crippen LogP contribution is 2.49. The summed E-state index contributed by atoms with van der Waals surface area (Å²) in [6, 6.07) is 6.40. The molecule has 0 unspecified atom stereocenters. The van der Waals surface area contributed by atoms with Gasteiger partial charge in [-0.25, -0.2) is 5.90 Å². The summed E-state index contributed by atoms with van der Waals surface area (Å²) in [6.07, 6.45) is 2.37. The summed E-state index contributed by atoms with van der Waals surface area (Å²) >= 11 is 3.47. The molecule has 3 heteroatoms. The number of nitrogens with two attached hydrogens (primary N) is 1. The van der Waals surface area contributed by atoms with Gasteiger partial charge in [0.05, 0.1) is 6.61 Å². The molecule has 2 rings (SSSR count). The van der Waals surface area contributed by atoms with Crippen LogP contribution in [0.2, 0.25) is 0 Å². The van der Waals surface area contributed by atoms with Crippen molar-refractivity contribution in [3.8, 4) is 0 Å². The van der Waals surface area contributed by atoms with Crippen LogP contribution in [0, 0.1) is 6.92 Å². The van der Waals surface area contributed by atoms with Crippen LogP contribution in [0.25, 0.3) is 0 Å². The molecule has 76 valence electrons. The molecule has 0 bridgehead atoms. The van der Waals surface area contributed by atoms with E-state index >= 15 is 0 Å². The van der Waals surface area contributed by atoms with Gasteiger partial charge in [0.15, 0.2) is 0 Å². The third kappa shape index (κ3) is 1.72. The van der Waals surface area contributed by atoms with Gasteiger partial charge in [-0.1, -0.05) is 22.0 Å². The Bertz CT molecular complexity index is 347. The second-order valence-electron chi connectivity index (χ2n) is 4.05. The Labute approximate surface area is 92.5 Å². The first-order valence-electron chi connectivity index (χ1n) is 4.76. The van der Waals surface area contributed by atoms with Crippen LogP contribution in [0.15, 0.2) is 22.7 Å². The van der Waals surface area contributed by atoms with Gasteiger partial charge < -0.3 is 4.84 Å². The van der Waals surface area contributed by atoms with Crippen LogP contribution in [0.5, 0.6) is 0 Å². The van der Waals surface area contributed by atoms with Crippen molar-refractivity contribution in [1.82, 2.24) is 0 Å². The summed E-state index contributed by atoms with van der Waals surface area (Å²) < 4.78 is 1.13. The normalized spacial score (nSPS) is 18.2. The van der Waals surface area contributed by atoms with E-state index in [4.69, 9.17) is 10.7 Å². The number of rotatable bonds is 3. The van der Waals surface area contributed by atoms with Crippen LogP contribution in [0.4, 0.5) is 0 Å². The zero-order valence-electron chi connectivity index (χ0n) is 8.22. The van der Waals surface area contributed by atoms with E-state index in [1.54, 1.807) is 0 Å². The molecular formula is C11H14BrNO. The van der Waals surface area contributed by atoms with Crippen molar-refractivity contribution in [3.05, 3.63) is 33.8 Å². The summed E-state index contributed by atoms with van der Waals surface area (Å²) in [7, 11) is 0. The standard InChI is InChI=1S/C11H14BrNO/c1-8-6-9(12)2-3-10(8)11(4-5-11)7-14-13/h2-3,6H,4-5,7,13H2,1H3. The van der Waals surface area contributed by atoms with Crippen LogP contribution in [-0.2, 0) is 10.3 Å². The first kappa shape index (κ1) is 10.1. The summed E-state index contributed by atoms with van der Waals surface area (Å²) in [5.41, 5.74) is 2.90. The van der Waals surface area contributed by atoms with Crippen LogP contribution in [0.1, 0.15) is 24.0 Å². The molecule has 0 radical (unpaired) electrons. The van der Waals surface area contributed by atoms with Crippen molar-refractivity contribution in [1.29, 1.82) is 0 Å². The second kappa shape index (κ2) is 3.65. The van der Waals surface area contributed by atoms with Gasteiger partial charge in [-0.15, -0.1) is 0 Å². The Morgan fingerprint density at radius 1 is 1.50 bits per heavy atom. The van der Waals surface area contributed by atoms with E-state index in [9.17, 15) is 0 Å². The molecule has 14 heavy (non-hydrogen) atoms. The molecule has 1 aromatic carbocycles. The molecule has 0 saturated heterocycles. The van der Waals surface area contributed by atoms with E-state index < -0.39 is 0 Å². The molecule has 0 heterocycles. The van der Waals surface area contributed by atoms with Gasteiger partial charge in [-0.3, -0.25) is 0 Å². The van der Waals surface area contributed by atoms with Gasteiger partial charge in [0, 0.05) is 9.89 Å². The molecule has 0 spiro atoms. The lowest BCUT2D eigenvalue weighted by Gasteiger charge is -2.16. The maximum absolute atomic E-state index is 5.16. The third-order valence-corrected chi connectivity index (χ3v) is 3.47. The number of hydrogen-bond acceptors (Lipinski definition) is 2. The van der Waals surface area contributed by atoms with E-state index in [0.29, 0.717) is 6.61 Å². The van der Waals surface area contributed by atoms with Crippen molar-refractivity contribution in [2.24, 2.45) is 5.90 Å². The van der Waals surface area contributed by atoms with Crippen molar-refractivity contribution in [2.75, 3.05) is 6.61 Å². The molecule has 0 aliphatic heterocycles. The molecule has 1 saturated carbocycles. The minimum absolute atomic E-state index is 0.208. The predicted molar refractivity (Wildman–Crippen MR) is 59.9 cm³/mol. The third-order valence-electron chi connectivity index (χ3n) is 2.97. The maximum Gasteiger partial charge on any atom is 0.0776 e. The van der Waals surface area contributed by atoms with Gasteiger partial charge in [-0.2, -0.15) is 0 Å². The minimum atomic E-state index is 0.208. The Balaban J connectivity index is 2.32. The Kier molecular flexibility index (Phi) is 2.64. The second-order valence-corrected chi connectivity index (χ2v) is 4.97. The van der Waals surface area contributed by atoms with Crippen molar-refractivity contribution >= 4 is 15.9 Å². The largest absolute Gasteiger partial charge is 0.304 e. The van der Waals surface area contributed by atoms with Gasteiger partial charge in [0.2, 0.25) is 0 Å². The maximum atomic E-state index is 5.16. The summed E-state index contributed by atoms with van der Waals surface area (Å²) in [4.78, 5) is 4.80. The first-order valence-corrected chi connectivity index (χ1v) is 5.56. The summed E-state index contributed by atoms with van der Waals surface area (Å²) in [5, 5.41) is 0. The lowest BCUT2D eigenvalue weighted by Crippen LogP contribution is -2.19. The smallest absolute Gasteiger partial charge is 0.0776 e. The molecule has 2 nitrogen and oxygen atoms in total. The molecule has 0 amide bonds. The Hall–Kier alpha value is -0.380. The molecule has 1 aliphatic rings. The molecule has 0 atom stereocenters. The fourth-order valence-corrected chi connectivity index (χ4v) is 2.50. The molecule has 1 fully saturated rings. The zero-order valence-corrected chi connectivity index (χ0v) is 9.80. The predicted octanol–water partition coefficient (Wildman–Crippen LogP) is 2.68. The van der Waals surface area contributed by atoms with Crippen LogP contribution in [-0.4, -0.2) is 6.61 Å². The highest BCUT2D eigenvalue weighted by molar-refractivity contribution is 9.10. The fourth-order valence-electron chi connectivity index (χ4n) is 2.02. The monoisotopic (exact) mass is 255 g/mol. The molecule has 1 aromatic rings. The average molecular weight is 256 g/mol. The zero-order chi connectivity index (χ0) is 10.2. The average Bonchev–Trinajstić information content (AvgIpc) is 2.86. The number of hydrogen-bond donors (Lipinski definition) is 1. The quantitative estimate of drug-likeness (QED) is 0.844. The van der Waals surface area contributed by atoms with Gasteiger partial charge in [0.25, 0.3) is 0 Å². The van der Waals surface area contributed by atoms with E-state index in [0.717, 1.165) is 4.47 Å². The molecule has 1 aliphatic carbocycles. The minimum Gasteiger partial charge on any atom is -0.304 e. The fraction of sp³-hybridized carbons (Fsp3) is 0.455. The van der Waals surface area contributed by atoms with Crippen LogP contribution < -0.4 is 5.90 Å². The Morgan fingerprint density at radius 2 is 2.21 bits per heavy atom. The van der Waals surface area contributed by atoms with E-state index in [1.165, 1.54) is 24.0 Å². The van der Waals surface area contributed by atoms with Crippen LogP contribution >= 0.6 is 15.9 Å². The molecule has 2 N–H and O–H groups in total. The van der Waals surface area contributed by atoms with E-state index in [-0.39, 0.29) is 5.41 Å². The highest BCUT2D eigenvalue weighted by atomic mass is 79.9. The van der Waals surface area contributed by atoms with Gasteiger partial charge in [-0.05, 0) is 43.0 Å². The molecule has 0 aromatic heterocycles. The van der Waals surface area contributed by atoms with Gasteiger partial charge >= 0.3 is 0 Å². The first-order chi connectivity index (χ1) is 6.68. The lowest BCUT2D eigenvalue weighted by atomic mass is 9.93. The Morgan fingerprint density at radius 3 is 2.71 bits per heavy atom. The summed E-state index contributed by atoms with van der Waals surface area (Å²) in [5.74, 6) is 5.16. The number of halogens is 1. The van der Waals surface area contributed by atoms with Crippen LogP contribution in [0.3, 0.4) is 0 Å². The van der Waals surface area contributed by atoms with Crippen molar-refractivity contribution in [2.45, 2.75) is 25.2 Å². The van der Waals surface area contributed by atoms with Gasteiger partial charge in [0.1, 0.15) is 0 Å². The SMILES string of the molecule is Cc1cc(Br)ccc1C1(CON)CC1. The lowest BCUT2D eigenvalue weighted by molar-refractivity contribution is 0.116. The molecular weight excluding hydrogens is 242 g/mol.